The van der Waals surface area contributed by atoms with Crippen molar-refractivity contribution < 1.29 is 0 Å². The zero-order chi connectivity index (χ0) is 13.2. The van der Waals surface area contributed by atoms with Crippen molar-refractivity contribution in [3.63, 3.8) is 0 Å². The minimum Gasteiger partial charge on any atom is -0.322 e. The van der Waals surface area contributed by atoms with Crippen LogP contribution in [0.15, 0.2) is 18.2 Å². The van der Waals surface area contributed by atoms with Crippen LogP contribution in [0.3, 0.4) is 0 Å². The van der Waals surface area contributed by atoms with Gasteiger partial charge in [0.1, 0.15) is 0 Å². The second-order valence-electron chi connectivity index (χ2n) is 6.33. The third-order valence-electron chi connectivity index (χ3n) is 4.48. The van der Waals surface area contributed by atoms with Crippen LogP contribution in [-0.4, -0.2) is 0 Å². The van der Waals surface area contributed by atoms with Crippen LogP contribution in [0.1, 0.15) is 63.1 Å². The molecule has 1 aromatic carbocycles. The topological polar surface area (TPSA) is 26.0 Å². The Morgan fingerprint density at radius 1 is 1.22 bits per heavy atom. The van der Waals surface area contributed by atoms with Gasteiger partial charge in [0, 0.05) is 5.54 Å². The fourth-order valence-corrected chi connectivity index (χ4v) is 3.07. The van der Waals surface area contributed by atoms with Gasteiger partial charge in [-0.1, -0.05) is 38.5 Å². The third-order valence-corrected chi connectivity index (χ3v) is 4.48. The number of benzene rings is 1. The fraction of sp³-hybridized carbons (Fsp3) is 0.647. The number of aryl methyl sites for hydroxylation is 2. The van der Waals surface area contributed by atoms with Gasteiger partial charge in [-0.2, -0.15) is 0 Å². The molecule has 2 atom stereocenters. The Hall–Kier alpha value is -0.820. The number of nitrogens with two attached hydrogens (primary N) is 1. The number of hydrogen-bond acceptors (Lipinski definition) is 1. The van der Waals surface area contributed by atoms with Crippen LogP contribution in [0, 0.1) is 5.92 Å². The molecule has 0 saturated heterocycles. The summed E-state index contributed by atoms with van der Waals surface area (Å²) in [5, 5.41) is 0. The van der Waals surface area contributed by atoms with Crippen LogP contribution >= 0.6 is 0 Å². The largest absolute Gasteiger partial charge is 0.322 e. The molecule has 100 valence electrons. The fourth-order valence-electron chi connectivity index (χ4n) is 3.07. The van der Waals surface area contributed by atoms with Crippen LogP contribution in [0.5, 0.6) is 0 Å². The summed E-state index contributed by atoms with van der Waals surface area (Å²) in [6.07, 6.45) is 7.45. The lowest BCUT2D eigenvalue weighted by atomic mass is 9.80. The van der Waals surface area contributed by atoms with E-state index in [4.69, 9.17) is 5.73 Å². The lowest BCUT2D eigenvalue weighted by Crippen LogP contribution is -2.35. The van der Waals surface area contributed by atoms with Gasteiger partial charge in [-0.3, -0.25) is 0 Å². The van der Waals surface area contributed by atoms with Gasteiger partial charge in [0.15, 0.2) is 0 Å². The zero-order valence-corrected chi connectivity index (χ0v) is 12.1. The van der Waals surface area contributed by atoms with Gasteiger partial charge in [0.25, 0.3) is 0 Å². The standard InChI is InChI=1S/C17H27N/c1-4-13(2)12-17(3,18)16-10-9-14-7-5-6-8-15(14)11-16/h9-11,13H,4-8,12,18H2,1-3H3. The molecule has 0 aromatic heterocycles. The number of rotatable bonds is 4. The molecule has 0 heterocycles. The van der Waals surface area contributed by atoms with Gasteiger partial charge in [-0.25, -0.2) is 0 Å². The first-order chi connectivity index (χ1) is 8.53. The van der Waals surface area contributed by atoms with E-state index in [9.17, 15) is 0 Å². The maximum atomic E-state index is 6.55. The van der Waals surface area contributed by atoms with Crippen LogP contribution in [-0.2, 0) is 18.4 Å². The summed E-state index contributed by atoms with van der Waals surface area (Å²) >= 11 is 0. The molecule has 0 fully saturated rings. The van der Waals surface area contributed by atoms with Crippen LogP contribution in [0.25, 0.3) is 0 Å². The molecule has 2 rings (SSSR count). The van der Waals surface area contributed by atoms with Crippen LogP contribution < -0.4 is 5.73 Å². The Balaban J connectivity index is 2.22. The summed E-state index contributed by atoms with van der Waals surface area (Å²) in [4.78, 5) is 0. The predicted octanol–water partition coefficient (Wildman–Crippen LogP) is 4.18. The molecule has 0 spiro atoms. The van der Waals surface area contributed by atoms with Crippen molar-refractivity contribution in [1.29, 1.82) is 0 Å². The minimum atomic E-state index is -0.179. The summed E-state index contributed by atoms with van der Waals surface area (Å²) < 4.78 is 0. The van der Waals surface area contributed by atoms with Crippen molar-refractivity contribution in [2.75, 3.05) is 0 Å². The molecular weight excluding hydrogens is 218 g/mol. The van der Waals surface area contributed by atoms with E-state index in [1.807, 2.05) is 0 Å². The quantitative estimate of drug-likeness (QED) is 0.846. The Labute approximate surface area is 112 Å². The molecule has 0 amide bonds. The molecule has 1 nitrogen and oxygen atoms in total. The van der Waals surface area contributed by atoms with E-state index in [1.165, 1.54) is 37.7 Å². The number of hydrogen-bond donors (Lipinski definition) is 1. The first kappa shape index (κ1) is 13.6. The van der Waals surface area contributed by atoms with E-state index in [1.54, 1.807) is 11.1 Å². The Bertz CT molecular complexity index is 406. The monoisotopic (exact) mass is 245 g/mol. The van der Waals surface area contributed by atoms with Gasteiger partial charge in [0.2, 0.25) is 0 Å². The average molecular weight is 245 g/mol. The summed E-state index contributed by atoms with van der Waals surface area (Å²) in [5.41, 5.74) is 10.8. The summed E-state index contributed by atoms with van der Waals surface area (Å²) in [5.74, 6) is 0.691. The lowest BCUT2D eigenvalue weighted by molar-refractivity contribution is 0.355. The van der Waals surface area contributed by atoms with E-state index < -0.39 is 0 Å². The molecular formula is C17H27N. The highest BCUT2D eigenvalue weighted by Gasteiger charge is 2.24. The van der Waals surface area contributed by atoms with Crippen molar-refractivity contribution >= 4 is 0 Å². The van der Waals surface area contributed by atoms with Gasteiger partial charge < -0.3 is 5.73 Å². The molecule has 0 bridgehead atoms. The average Bonchev–Trinajstić information content (AvgIpc) is 2.37. The first-order valence-corrected chi connectivity index (χ1v) is 7.44. The SMILES string of the molecule is CCC(C)CC(C)(N)c1ccc2c(c1)CCCC2. The summed E-state index contributed by atoms with van der Waals surface area (Å²) in [6.45, 7) is 6.72. The highest BCUT2D eigenvalue weighted by Crippen LogP contribution is 2.30. The summed E-state index contributed by atoms with van der Waals surface area (Å²) in [7, 11) is 0. The van der Waals surface area contributed by atoms with E-state index >= 15 is 0 Å². The van der Waals surface area contributed by atoms with Crippen molar-refractivity contribution in [1.82, 2.24) is 0 Å². The Morgan fingerprint density at radius 3 is 2.56 bits per heavy atom. The van der Waals surface area contributed by atoms with Gasteiger partial charge in [0.05, 0.1) is 0 Å². The number of fused-ring (bicyclic) bond motifs is 1. The molecule has 1 aliphatic rings. The molecule has 0 aliphatic heterocycles. The van der Waals surface area contributed by atoms with Gasteiger partial charge in [-0.05, 0) is 61.6 Å². The first-order valence-electron chi connectivity index (χ1n) is 7.44. The second-order valence-corrected chi connectivity index (χ2v) is 6.33. The lowest BCUT2D eigenvalue weighted by Gasteiger charge is -2.30. The zero-order valence-electron chi connectivity index (χ0n) is 12.1. The maximum absolute atomic E-state index is 6.55. The smallest absolute Gasteiger partial charge is 0.0383 e. The van der Waals surface area contributed by atoms with E-state index in [0.29, 0.717) is 5.92 Å². The summed E-state index contributed by atoms with van der Waals surface area (Å²) in [6, 6.07) is 6.94. The molecule has 0 radical (unpaired) electrons. The Morgan fingerprint density at radius 2 is 1.89 bits per heavy atom. The third kappa shape index (κ3) is 2.95. The van der Waals surface area contributed by atoms with Gasteiger partial charge in [-0.15, -0.1) is 0 Å². The second kappa shape index (κ2) is 5.44. The van der Waals surface area contributed by atoms with E-state index in [-0.39, 0.29) is 5.54 Å². The van der Waals surface area contributed by atoms with Gasteiger partial charge >= 0.3 is 0 Å². The van der Waals surface area contributed by atoms with Crippen molar-refractivity contribution in [3.8, 4) is 0 Å². The van der Waals surface area contributed by atoms with Crippen molar-refractivity contribution in [2.45, 2.75) is 64.8 Å². The van der Waals surface area contributed by atoms with Crippen molar-refractivity contribution in [2.24, 2.45) is 11.7 Å². The van der Waals surface area contributed by atoms with E-state index in [2.05, 4.69) is 39.0 Å². The molecule has 2 unspecified atom stereocenters. The molecule has 1 aromatic rings. The maximum Gasteiger partial charge on any atom is 0.0383 e. The molecule has 1 heteroatoms. The Kier molecular flexibility index (Phi) is 4.11. The molecule has 18 heavy (non-hydrogen) atoms. The molecule has 0 saturated carbocycles. The van der Waals surface area contributed by atoms with E-state index in [0.717, 1.165) is 6.42 Å². The van der Waals surface area contributed by atoms with Crippen LogP contribution in [0.4, 0.5) is 0 Å². The highest BCUT2D eigenvalue weighted by molar-refractivity contribution is 5.36. The molecule has 1 aliphatic carbocycles. The normalized spacial score (nSPS) is 20.0. The predicted molar refractivity (Wildman–Crippen MR) is 78.7 cm³/mol. The minimum absolute atomic E-state index is 0.179. The highest BCUT2D eigenvalue weighted by atomic mass is 14.7. The van der Waals surface area contributed by atoms with Crippen molar-refractivity contribution in [3.05, 3.63) is 34.9 Å². The van der Waals surface area contributed by atoms with Crippen LogP contribution in [0.2, 0.25) is 0 Å². The molecule has 2 N–H and O–H groups in total.